The van der Waals surface area contributed by atoms with Crippen LogP contribution in [0.1, 0.15) is 56.3 Å². The predicted molar refractivity (Wildman–Crippen MR) is 122 cm³/mol. The van der Waals surface area contributed by atoms with E-state index in [0.717, 1.165) is 25.2 Å². The van der Waals surface area contributed by atoms with Crippen LogP contribution >= 0.6 is 0 Å². The molecule has 2 saturated heterocycles. The van der Waals surface area contributed by atoms with Crippen molar-refractivity contribution in [3.05, 3.63) is 29.8 Å². The van der Waals surface area contributed by atoms with Gasteiger partial charge in [0.1, 0.15) is 0 Å². The summed E-state index contributed by atoms with van der Waals surface area (Å²) in [5, 5.41) is 0. The topological polar surface area (TPSA) is 87.0 Å². The summed E-state index contributed by atoms with van der Waals surface area (Å²) >= 11 is 0. The minimum atomic E-state index is -0.264. The minimum Gasteiger partial charge on any atom is -0.372 e. The highest BCUT2D eigenvalue weighted by atomic mass is 16.2. The number of hydrogen-bond donors (Lipinski definition) is 1. The molecule has 2 N–H and O–H groups in total. The fourth-order valence-corrected chi connectivity index (χ4v) is 4.71. The van der Waals surface area contributed by atoms with Gasteiger partial charge in [0.15, 0.2) is 0 Å². The zero-order valence-electron chi connectivity index (χ0n) is 18.9. The van der Waals surface area contributed by atoms with Gasteiger partial charge in [-0.25, -0.2) is 0 Å². The number of benzene rings is 1. The second kappa shape index (κ2) is 10.6. The summed E-state index contributed by atoms with van der Waals surface area (Å²) in [5.74, 6) is -0.210. The normalized spacial score (nSPS) is 18.1. The highest BCUT2D eigenvalue weighted by Gasteiger charge is 2.33. The third-order valence-corrected chi connectivity index (χ3v) is 6.70. The van der Waals surface area contributed by atoms with E-state index in [1.807, 2.05) is 34.1 Å². The summed E-state index contributed by atoms with van der Waals surface area (Å²) in [7, 11) is 0. The van der Waals surface area contributed by atoms with Crippen molar-refractivity contribution in [1.82, 2.24) is 9.80 Å². The van der Waals surface area contributed by atoms with Crippen LogP contribution in [-0.4, -0.2) is 66.8 Å². The van der Waals surface area contributed by atoms with E-state index in [1.54, 1.807) is 0 Å². The third-order valence-electron chi connectivity index (χ3n) is 6.70. The van der Waals surface area contributed by atoms with Crippen LogP contribution in [0.15, 0.2) is 24.3 Å². The molecule has 31 heavy (non-hydrogen) atoms. The number of carbonyl (C=O) groups is 3. The van der Waals surface area contributed by atoms with E-state index in [0.29, 0.717) is 57.4 Å². The molecule has 0 saturated carbocycles. The van der Waals surface area contributed by atoms with Gasteiger partial charge in [0.2, 0.25) is 11.8 Å². The molecule has 170 valence electrons. The molecular formula is C24H36N4O3. The SMILES string of the molecule is CCCN(CC)c1ccc(C(=O)N2CCC(C(=O)N3CCC(C(N)=O)CC3)CC2)cc1. The second-order valence-electron chi connectivity index (χ2n) is 8.69. The highest BCUT2D eigenvalue weighted by molar-refractivity contribution is 5.94. The average Bonchev–Trinajstić information content (AvgIpc) is 2.82. The first-order valence-corrected chi connectivity index (χ1v) is 11.7. The van der Waals surface area contributed by atoms with Crippen molar-refractivity contribution in [3.8, 4) is 0 Å². The molecule has 0 spiro atoms. The summed E-state index contributed by atoms with van der Waals surface area (Å²) < 4.78 is 0. The van der Waals surface area contributed by atoms with Gasteiger partial charge in [-0.2, -0.15) is 0 Å². The van der Waals surface area contributed by atoms with Crippen molar-refractivity contribution >= 4 is 23.4 Å². The van der Waals surface area contributed by atoms with Crippen LogP contribution in [0.2, 0.25) is 0 Å². The lowest BCUT2D eigenvalue weighted by molar-refractivity contribution is -0.139. The number of hydrogen-bond acceptors (Lipinski definition) is 4. The van der Waals surface area contributed by atoms with Crippen molar-refractivity contribution in [1.29, 1.82) is 0 Å². The maximum atomic E-state index is 12.9. The van der Waals surface area contributed by atoms with Gasteiger partial charge in [-0.3, -0.25) is 14.4 Å². The molecule has 0 aliphatic carbocycles. The van der Waals surface area contributed by atoms with Gasteiger partial charge in [-0.15, -0.1) is 0 Å². The number of piperidine rings is 2. The molecule has 1 aromatic carbocycles. The fourth-order valence-electron chi connectivity index (χ4n) is 4.71. The van der Waals surface area contributed by atoms with Crippen LogP contribution < -0.4 is 10.6 Å². The number of anilines is 1. The molecule has 7 heteroatoms. The van der Waals surface area contributed by atoms with Crippen molar-refractivity contribution in [2.45, 2.75) is 46.0 Å². The molecule has 0 bridgehead atoms. The molecule has 2 fully saturated rings. The number of primary amides is 1. The molecule has 3 rings (SSSR count). The van der Waals surface area contributed by atoms with Gasteiger partial charge >= 0.3 is 0 Å². The van der Waals surface area contributed by atoms with E-state index in [4.69, 9.17) is 5.73 Å². The summed E-state index contributed by atoms with van der Waals surface area (Å²) in [6.45, 7) is 8.67. The number of nitrogens with zero attached hydrogens (tertiary/aromatic N) is 3. The Morgan fingerprint density at radius 2 is 1.45 bits per heavy atom. The Morgan fingerprint density at radius 3 is 1.97 bits per heavy atom. The van der Waals surface area contributed by atoms with Crippen LogP contribution in [0.5, 0.6) is 0 Å². The van der Waals surface area contributed by atoms with Crippen LogP contribution in [0.3, 0.4) is 0 Å². The molecule has 2 aliphatic heterocycles. The van der Waals surface area contributed by atoms with Gasteiger partial charge in [0.25, 0.3) is 5.91 Å². The van der Waals surface area contributed by atoms with E-state index in [-0.39, 0.29) is 29.6 Å². The summed E-state index contributed by atoms with van der Waals surface area (Å²) in [5.41, 5.74) is 7.23. The van der Waals surface area contributed by atoms with Gasteiger partial charge < -0.3 is 20.4 Å². The molecule has 7 nitrogen and oxygen atoms in total. The van der Waals surface area contributed by atoms with Gasteiger partial charge in [-0.1, -0.05) is 6.92 Å². The van der Waals surface area contributed by atoms with Crippen LogP contribution in [0.4, 0.5) is 5.69 Å². The average molecular weight is 429 g/mol. The van der Waals surface area contributed by atoms with E-state index < -0.39 is 0 Å². The first kappa shape index (κ1) is 23.1. The highest BCUT2D eigenvalue weighted by Crippen LogP contribution is 2.25. The Labute approximate surface area is 185 Å². The Kier molecular flexibility index (Phi) is 7.93. The van der Waals surface area contributed by atoms with Crippen LogP contribution in [-0.2, 0) is 9.59 Å². The maximum Gasteiger partial charge on any atom is 0.253 e. The minimum absolute atomic E-state index is 0.0382. The Morgan fingerprint density at radius 1 is 0.903 bits per heavy atom. The van der Waals surface area contributed by atoms with Gasteiger partial charge in [0.05, 0.1) is 0 Å². The number of nitrogens with two attached hydrogens (primary N) is 1. The van der Waals surface area contributed by atoms with E-state index in [1.165, 1.54) is 0 Å². The molecule has 0 aromatic heterocycles. The largest absolute Gasteiger partial charge is 0.372 e. The molecule has 3 amide bonds. The van der Waals surface area contributed by atoms with Crippen LogP contribution in [0.25, 0.3) is 0 Å². The first-order chi connectivity index (χ1) is 14.9. The first-order valence-electron chi connectivity index (χ1n) is 11.7. The fraction of sp³-hybridized carbons (Fsp3) is 0.625. The Hall–Kier alpha value is -2.57. The number of amides is 3. The van der Waals surface area contributed by atoms with E-state index in [9.17, 15) is 14.4 Å². The van der Waals surface area contributed by atoms with E-state index in [2.05, 4.69) is 18.7 Å². The number of rotatable bonds is 7. The number of likely N-dealkylation sites (tertiary alicyclic amines) is 2. The molecule has 0 unspecified atom stereocenters. The Balaban J connectivity index is 1.50. The maximum absolute atomic E-state index is 12.9. The second-order valence-corrected chi connectivity index (χ2v) is 8.69. The molecule has 2 heterocycles. The van der Waals surface area contributed by atoms with Crippen molar-refractivity contribution < 1.29 is 14.4 Å². The zero-order chi connectivity index (χ0) is 22.4. The zero-order valence-corrected chi connectivity index (χ0v) is 18.9. The van der Waals surface area contributed by atoms with E-state index >= 15 is 0 Å². The lowest BCUT2D eigenvalue weighted by Crippen LogP contribution is -2.47. The van der Waals surface area contributed by atoms with Crippen molar-refractivity contribution in [3.63, 3.8) is 0 Å². The lowest BCUT2D eigenvalue weighted by Gasteiger charge is -2.36. The summed E-state index contributed by atoms with van der Waals surface area (Å²) in [4.78, 5) is 43.2. The van der Waals surface area contributed by atoms with Crippen molar-refractivity contribution in [2.75, 3.05) is 44.2 Å². The van der Waals surface area contributed by atoms with Gasteiger partial charge in [-0.05, 0) is 63.3 Å². The monoisotopic (exact) mass is 428 g/mol. The number of carbonyl (C=O) groups excluding carboxylic acids is 3. The predicted octanol–water partition coefficient (Wildman–Crippen LogP) is 2.50. The quantitative estimate of drug-likeness (QED) is 0.723. The molecule has 0 atom stereocenters. The summed E-state index contributed by atoms with van der Waals surface area (Å²) in [6, 6.07) is 7.88. The molecule has 2 aliphatic rings. The van der Waals surface area contributed by atoms with Gasteiger partial charge in [0, 0.05) is 62.4 Å². The molecule has 0 radical (unpaired) electrons. The Bertz CT molecular complexity index is 764. The van der Waals surface area contributed by atoms with Crippen molar-refractivity contribution in [2.24, 2.45) is 17.6 Å². The van der Waals surface area contributed by atoms with Crippen LogP contribution in [0, 0.1) is 11.8 Å². The standard InChI is InChI=1S/C24H36N4O3/c1-3-13-26(4-2)21-7-5-19(6-8-21)23(30)28-16-11-20(12-17-28)24(31)27-14-9-18(10-15-27)22(25)29/h5-8,18,20H,3-4,9-17H2,1-2H3,(H2,25,29). The molecule has 1 aromatic rings. The molecular weight excluding hydrogens is 392 g/mol. The third kappa shape index (κ3) is 5.57. The smallest absolute Gasteiger partial charge is 0.253 e. The summed E-state index contributed by atoms with van der Waals surface area (Å²) in [6.07, 6.45) is 3.78. The lowest BCUT2D eigenvalue weighted by atomic mass is 9.91.